The lowest BCUT2D eigenvalue weighted by Crippen LogP contribution is -2.61. The Morgan fingerprint density at radius 2 is 0.589 bits per heavy atom. The highest BCUT2D eigenvalue weighted by Crippen LogP contribution is 2.52. The van der Waals surface area contributed by atoms with Gasteiger partial charge in [-0.25, -0.2) is 4.98 Å². The minimum absolute atomic E-state index is 0.0688. The number of benzene rings is 13. The average molecular weight is 1460 g/mol. The summed E-state index contributed by atoms with van der Waals surface area (Å²) >= 11 is 0. The van der Waals surface area contributed by atoms with E-state index in [1.54, 1.807) is 0 Å². The Labute approximate surface area is 665 Å². The van der Waals surface area contributed by atoms with E-state index in [4.69, 9.17) is 4.98 Å². The standard InChI is InChI=1S/C107H103BN4/c1-102(2,3)79-46-51-93-87(66-79)88-67-80(103(4,5)6)47-52-94(88)112(93)100-63-77(75-53-81(104(7,8)9)64-82(54-75)105(10,11)12)59-91(109-100)74-45-50-95-90(58-74)108-89-57-72(68-33-23-19-24-34-68)44-49-96(89)111(97-60-73(69-35-25-20-26-36-69)43-48-86(97)71-39-29-22-30-40-71)99-62-78(76-55-83(106(13,14)15)65-84(56-76)107(16,17)18)61-98(101(99)108)110(95)92-42-32-31-41-85(92)70-37-27-21-28-38-70/h19-67H,1-18H3. The maximum Gasteiger partial charge on any atom is 0.252 e. The first kappa shape index (κ1) is 73.3. The zero-order chi connectivity index (χ0) is 78.3. The Kier molecular flexibility index (Phi) is 17.8. The van der Waals surface area contributed by atoms with E-state index < -0.39 is 0 Å². The van der Waals surface area contributed by atoms with E-state index in [2.05, 4.69) is 436 Å². The predicted molar refractivity (Wildman–Crippen MR) is 483 cm³/mol. The molecule has 0 atom stereocenters. The molecule has 0 aliphatic carbocycles. The highest BCUT2D eigenvalue weighted by molar-refractivity contribution is 7.00. The second kappa shape index (κ2) is 27.2. The van der Waals surface area contributed by atoms with E-state index in [-0.39, 0.29) is 39.2 Å². The molecule has 0 radical (unpaired) electrons. The first-order valence-electron chi connectivity index (χ1n) is 40.3. The summed E-state index contributed by atoms with van der Waals surface area (Å²) < 4.78 is 2.46. The quantitative estimate of drug-likeness (QED) is 0.128. The van der Waals surface area contributed by atoms with Crippen molar-refractivity contribution in [3.05, 3.63) is 331 Å². The van der Waals surface area contributed by atoms with Gasteiger partial charge in [0.25, 0.3) is 6.71 Å². The molecule has 0 saturated heterocycles. The van der Waals surface area contributed by atoms with Gasteiger partial charge >= 0.3 is 0 Å². The maximum atomic E-state index is 6.12. The molecule has 112 heavy (non-hydrogen) atoms. The summed E-state index contributed by atoms with van der Waals surface area (Å²) in [6, 6.07) is 114. The van der Waals surface area contributed by atoms with Crippen molar-refractivity contribution in [2.24, 2.45) is 0 Å². The van der Waals surface area contributed by atoms with Gasteiger partial charge in [0.05, 0.1) is 28.1 Å². The van der Waals surface area contributed by atoms with Gasteiger partial charge < -0.3 is 9.80 Å². The molecule has 4 heterocycles. The molecule has 2 aliphatic rings. The molecule has 0 saturated carbocycles. The molecule has 2 aromatic heterocycles. The van der Waals surface area contributed by atoms with Gasteiger partial charge in [0.2, 0.25) is 0 Å². The van der Waals surface area contributed by atoms with E-state index >= 15 is 0 Å². The molecule has 2 aliphatic heterocycles. The monoisotopic (exact) mass is 1450 g/mol. The van der Waals surface area contributed by atoms with Crippen molar-refractivity contribution < 1.29 is 0 Å². The molecule has 0 N–H and O–H groups in total. The predicted octanol–water partition coefficient (Wildman–Crippen LogP) is 27.7. The van der Waals surface area contributed by atoms with Gasteiger partial charge in [0, 0.05) is 44.6 Å². The van der Waals surface area contributed by atoms with Crippen LogP contribution >= 0.6 is 0 Å². The number of hydrogen-bond acceptors (Lipinski definition) is 3. The van der Waals surface area contributed by atoms with Crippen LogP contribution in [-0.4, -0.2) is 16.3 Å². The van der Waals surface area contributed by atoms with Crippen LogP contribution < -0.4 is 26.2 Å². The lowest BCUT2D eigenvalue weighted by atomic mass is 9.33. The van der Waals surface area contributed by atoms with Crippen molar-refractivity contribution in [2.75, 3.05) is 9.80 Å². The Balaban J connectivity index is 1.02. The third-order valence-electron chi connectivity index (χ3n) is 23.7. The van der Waals surface area contributed by atoms with Crippen molar-refractivity contribution in [1.29, 1.82) is 0 Å². The van der Waals surface area contributed by atoms with E-state index in [1.807, 2.05) is 0 Å². The minimum atomic E-state index is -0.292. The molecular weight excluding hydrogens is 1350 g/mol. The molecule has 0 bridgehead atoms. The van der Waals surface area contributed by atoms with Gasteiger partial charge in [-0.2, -0.15) is 0 Å². The minimum Gasteiger partial charge on any atom is -0.311 e. The van der Waals surface area contributed by atoms with Crippen LogP contribution in [0.5, 0.6) is 0 Å². The van der Waals surface area contributed by atoms with Gasteiger partial charge in [-0.15, -0.1) is 0 Å². The number of aromatic nitrogens is 2. The third kappa shape index (κ3) is 13.4. The van der Waals surface area contributed by atoms with Crippen molar-refractivity contribution in [3.63, 3.8) is 0 Å². The summed E-state index contributed by atoms with van der Waals surface area (Å²) in [7, 11) is 0. The number of para-hydroxylation sites is 1. The van der Waals surface area contributed by atoms with Gasteiger partial charge in [-0.05, 0) is 216 Å². The van der Waals surface area contributed by atoms with Crippen LogP contribution in [0.3, 0.4) is 0 Å². The van der Waals surface area contributed by atoms with Crippen LogP contribution in [0.15, 0.2) is 297 Å². The zero-order valence-electron chi connectivity index (χ0n) is 68.7. The fourth-order valence-electron chi connectivity index (χ4n) is 17.0. The number of nitrogens with zero attached hydrogens (tertiary/aromatic N) is 4. The summed E-state index contributed by atoms with van der Waals surface area (Å²) in [4.78, 5) is 11.4. The third-order valence-corrected chi connectivity index (χ3v) is 23.7. The van der Waals surface area contributed by atoms with E-state index in [9.17, 15) is 0 Å². The highest BCUT2D eigenvalue weighted by Gasteiger charge is 2.45. The largest absolute Gasteiger partial charge is 0.311 e. The number of fused-ring (bicyclic) bond motifs is 7. The van der Waals surface area contributed by atoms with Crippen molar-refractivity contribution in [1.82, 2.24) is 9.55 Å². The van der Waals surface area contributed by atoms with E-state index in [0.717, 1.165) is 112 Å². The second-order valence-electron chi connectivity index (χ2n) is 37.8. The summed E-state index contributed by atoms with van der Waals surface area (Å²) in [5.41, 5.74) is 35.5. The zero-order valence-corrected chi connectivity index (χ0v) is 68.7. The molecule has 0 fully saturated rings. The molecule has 4 nitrogen and oxygen atoms in total. The lowest BCUT2D eigenvalue weighted by molar-refractivity contribution is 0.568. The lowest BCUT2D eigenvalue weighted by Gasteiger charge is -2.45. The molecule has 15 aromatic rings. The first-order chi connectivity index (χ1) is 53.3. The Morgan fingerprint density at radius 1 is 0.232 bits per heavy atom. The maximum absolute atomic E-state index is 6.12. The Morgan fingerprint density at radius 3 is 1.04 bits per heavy atom. The molecule has 554 valence electrons. The van der Waals surface area contributed by atoms with Crippen LogP contribution in [0.1, 0.15) is 158 Å². The van der Waals surface area contributed by atoms with Crippen molar-refractivity contribution in [3.8, 4) is 83.8 Å². The van der Waals surface area contributed by atoms with Crippen molar-refractivity contribution >= 4 is 79.0 Å². The molecule has 13 aromatic carbocycles. The van der Waals surface area contributed by atoms with Gasteiger partial charge in [-0.3, -0.25) is 4.57 Å². The van der Waals surface area contributed by atoms with Crippen LogP contribution in [-0.2, 0) is 32.5 Å². The number of rotatable bonds is 10. The number of pyridine rings is 1. The molecule has 0 unspecified atom stereocenters. The summed E-state index contributed by atoms with van der Waals surface area (Å²) in [5, 5.41) is 2.46. The highest BCUT2D eigenvalue weighted by atomic mass is 15.2. The Bertz CT molecular complexity index is 6040. The fourth-order valence-corrected chi connectivity index (χ4v) is 17.0. The van der Waals surface area contributed by atoms with Gasteiger partial charge in [0.1, 0.15) is 5.82 Å². The van der Waals surface area contributed by atoms with E-state index in [0.29, 0.717) is 0 Å². The molecule has 5 heteroatoms. The SMILES string of the molecule is CC(C)(C)c1cc(-c2cc(-c3ccc4c(c3)B3c5cc(-c6ccccc6)ccc5N(c5cc(-c6ccccc6)ccc5-c5ccccc5)c5cc(-c6cc(C(C)(C)C)cc(C(C)(C)C)c6)cc(c53)N4c3ccccc3-c3ccccc3)nc(-n3c4ccc(C(C)(C)C)cc4c4cc(C(C)(C)C)ccc43)c2)cc(C(C)(C)C)c1. The fraction of sp³-hybridized carbons (Fsp3) is 0.224. The first-order valence-corrected chi connectivity index (χ1v) is 40.3. The summed E-state index contributed by atoms with van der Waals surface area (Å²) in [5.74, 6) is 0.873. The van der Waals surface area contributed by atoms with Crippen LogP contribution in [0.4, 0.5) is 34.1 Å². The number of anilines is 6. The summed E-state index contributed by atoms with van der Waals surface area (Å²) in [6.45, 7) is 41.9. The van der Waals surface area contributed by atoms with Gasteiger partial charge in [0.15, 0.2) is 0 Å². The van der Waals surface area contributed by atoms with Crippen molar-refractivity contribution in [2.45, 2.75) is 157 Å². The topological polar surface area (TPSA) is 24.3 Å². The number of hydrogen-bond donors (Lipinski definition) is 0. The molecule has 0 amide bonds. The molecule has 17 rings (SSSR count). The average Bonchev–Trinajstić information content (AvgIpc) is 0.850. The Hall–Kier alpha value is -11.5. The van der Waals surface area contributed by atoms with Crippen LogP contribution in [0, 0.1) is 0 Å². The van der Waals surface area contributed by atoms with E-state index in [1.165, 1.54) is 77.2 Å². The van der Waals surface area contributed by atoms with Crippen LogP contribution in [0.2, 0.25) is 0 Å². The van der Waals surface area contributed by atoms with Gasteiger partial charge in [-0.1, -0.05) is 349 Å². The molecule has 0 spiro atoms. The normalized spacial score (nSPS) is 13.2. The van der Waals surface area contributed by atoms with Crippen LogP contribution in [0.25, 0.3) is 106 Å². The second-order valence-corrected chi connectivity index (χ2v) is 37.8. The summed E-state index contributed by atoms with van der Waals surface area (Å²) in [6.07, 6.45) is 0. The smallest absolute Gasteiger partial charge is 0.252 e. The molecular formula is C107H103BN4.